The molecule has 0 fully saturated rings. The lowest BCUT2D eigenvalue weighted by atomic mass is 10.2. The third-order valence-corrected chi connectivity index (χ3v) is 6.23. The Morgan fingerprint density at radius 1 is 1.06 bits per heavy atom. The van der Waals surface area contributed by atoms with E-state index in [9.17, 15) is 18.3 Å². The molecule has 1 aromatic heterocycles. The minimum atomic E-state index is -3.88. The maximum absolute atomic E-state index is 12.7. The largest absolute Gasteiger partial charge is 0.454 e. The van der Waals surface area contributed by atoms with Crippen LogP contribution >= 0.6 is 0 Å². The molecule has 1 N–H and O–H groups in total. The summed E-state index contributed by atoms with van der Waals surface area (Å²) in [6.45, 7) is 0.119. The molecule has 3 aromatic rings. The van der Waals surface area contributed by atoms with Gasteiger partial charge in [0.1, 0.15) is 0 Å². The van der Waals surface area contributed by atoms with Crippen LogP contribution in [0.2, 0.25) is 0 Å². The number of aliphatic hydroxyl groups is 1. The number of hydrogen-bond acceptors (Lipinski definition) is 8. The lowest BCUT2D eigenvalue weighted by Crippen LogP contribution is -2.31. The van der Waals surface area contributed by atoms with Crippen molar-refractivity contribution < 1.29 is 27.7 Å². The molecule has 0 radical (unpaired) electrons. The molecular formula is C21H20N2O7S. The van der Waals surface area contributed by atoms with Crippen LogP contribution in [0.15, 0.2) is 75.4 Å². The van der Waals surface area contributed by atoms with Crippen molar-refractivity contribution in [3.63, 3.8) is 0 Å². The molecule has 0 saturated heterocycles. The second-order valence-electron chi connectivity index (χ2n) is 6.86. The van der Waals surface area contributed by atoms with E-state index in [4.69, 9.17) is 14.2 Å². The highest BCUT2D eigenvalue weighted by Crippen LogP contribution is 2.32. The molecule has 0 bridgehead atoms. The fourth-order valence-electron chi connectivity index (χ4n) is 3.02. The Kier molecular flexibility index (Phi) is 6.03. The molecule has 0 amide bonds. The van der Waals surface area contributed by atoms with Gasteiger partial charge >= 0.3 is 0 Å². The summed E-state index contributed by atoms with van der Waals surface area (Å²) in [5, 5.41) is 13.9. The first-order valence-electron chi connectivity index (χ1n) is 9.46. The zero-order valence-corrected chi connectivity index (χ0v) is 17.2. The highest BCUT2D eigenvalue weighted by atomic mass is 32.2. The highest BCUT2D eigenvalue weighted by Gasteiger charge is 2.21. The van der Waals surface area contributed by atoms with Crippen LogP contribution in [0.3, 0.4) is 0 Å². The van der Waals surface area contributed by atoms with Gasteiger partial charge in [-0.05, 0) is 35.9 Å². The molecule has 2 heterocycles. The van der Waals surface area contributed by atoms with Gasteiger partial charge in [-0.15, -0.1) is 0 Å². The van der Waals surface area contributed by atoms with Crippen LogP contribution in [0, 0.1) is 0 Å². The summed E-state index contributed by atoms with van der Waals surface area (Å²) in [4.78, 5) is 12.2. The molecule has 0 saturated carbocycles. The smallest absolute Gasteiger partial charge is 0.266 e. The van der Waals surface area contributed by atoms with Gasteiger partial charge in [-0.25, -0.2) is 13.1 Å². The Morgan fingerprint density at radius 2 is 1.84 bits per heavy atom. The van der Waals surface area contributed by atoms with E-state index < -0.39 is 21.5 Å². The molecule has 0 spiro atoms. The lowest BCUT2D eigenvalue weighted by Gasteiger charge is -2.13. The number of nitrogens with zero attached hydrogens (tertiary/aromatic N) is 2. The van der Waals surface area contributed by atoms with E-state index in [0.29, 0.717) is 11.5 Å². The number of aromatic nitrogens is 2. The van der Waals surface area contributed by atoms with Crippen LogP contribution in [0.5, 0.6) is 11.5 Å². The van der Waals surface area contributed by atoms with Gasteiger partial charge in [-0.2, -0.15) is 5.10 Å². The monoisotopic (exact) mass is 444 g/mol. The maximum Gasteiger partial charge on any atom is 0.266 e. The van der Waals surface area contributed by atoms with Crippen LogP contribution in [-0.4, -0.2) is 42.8 Å². The summed E-state index contributed by atoms with van der Waals surface area (Å²) in [5.41, 5.74) is 0.310. The number of hydrogen-bond donors (Lipinski definition) is 1. The molecule has 162 valence electrons. The molecule has 4 rings (SSSR count). The van der Waals surface area contributed by atoms with E-state index in [0.717, 1.165) is 22.4 Å². The summed E-state index contributed by atoms with van der Waals surface area (Å²) in [6, 6.07) is 15.5. The van der Waals surface area contributed by atoms with Crippen molar-refractivity contribution in [1.82, 2.24) is 9.78 Å². The normalized spacial score (nSPS) is 13.8. The zero-order chi connectivity index (χ0) is 21.8. The van der Waals surface area contributed by atoms with E-state index in [1.54, 1.807) is 30.3 Å². The van der Waals surface area contributed by atoms with Crippen molar-refractivity contribution in [3.05, 3.63) is 76.6 Å². The molecule has 1 unspecified atom stereocenters. The Bertz CT molecular complexity index is 1230. The van der Waals surface area contributed by atoms with E-state index in [1.807, 2.05) is 6.07 Å². The van der Waals surface area contributed by atoms with Crippen LogP contribution in [0.4, 0.5) is 0 Å². The van der Waals surface area contributed by atoms with E-state index in [-0.39, 0.29) is 36.5 Å². The Hall–Kier alpha value is -3.21. The van der Waals surface area contributed by atoms with Gasteiger partial charge in [0.05, 0.1) is 30.8 Å². The SMILES string of the molecule is O=c1ccc(S(=O)(=O)c2ccccc2)nn1CC(O)COCc1ccc2c(c1)OCO2. The zero-order valence-electron chi connectivity index (χ0n) is 16.4. The average Bonchev–Trinajstić information content (AvgIpc) is 3.24. The molecular weight excluding hydrogens is 424 g/mol. The van der Waals surface area contributed by atoms with Gasteiger partial charge in [0.15, 0.2) is 16.5 Å². The fourth-order valence-corrected chi connectivity index (χ4v) is 4.23. The van der Waals surface area contributed by atoms with Gasteiger partial charge in [0.25, 0.3) is 5.56 Å². The number of rotatable bonds is 8. The Labute approximate surface area is 178 Å². The van der Waals surface area contributed by atoms with Crippen LogP contribution in [0.1, 0.15) is 5.56 Å². The highest BCUT2D eigenvalue weighted by molar-refractivity contribution is 7.91. The van der Waals surface area contributed by atoms with Gasteiger partial charge in [0, 0.05) is 6.07 Å². The van der Waals surface area contributed by atoms with Crippen LogP contribution in [-0.2, 0) is 27.7 Å². The summed E-state index contributed by atoms with van der Waals surface area (Å²) >= 11 is 0. The Balaban J connectivity index is 1.39. The van der Waals surface area contributed by atoms with Gasteiger partial charge in [-0.3, -0.25) is 4.79 Å². The van der Waals surface area contributed by atoms with Crippen molar-refractivity contribution in [3.8, 4) is 11.5 Å². The minimum Gasteiger partial charge on any atom is -0.454 e. The van der Waals surface area contributed by atoms with Crippen molar-refractivity contribution >= 4 is 9.84 Å². The number of aliphatic hydroxyl groups excluding tert-OH is 1. The first-order chi connectivity index (χ1) is 14.9. The molecule has 10 heteroatoms. The number of benzene rings is 2. The standard InChI is InChI=1S/C21H20N2O7S/c24-16(13-28-12-15-6-7-18-19(10-15)30-14-29-18)11-23-21(25)9-8-20(22-23)31(26,27)17-4-2-1-3-5-17/h1-10,16,24H,11-14H2. The number of sulfone groups is 1. The molecule has 1 atom stereocenters. The summed E-state index contributed by atoms with van der Waals surface area (Å²) in [6.07, 6.45) is -1.06. The summed E-state index contributed by atoms with van der Waals surface area (Å²) in [7, 11) is -3.88. The second kappa shape index (κ2) is 8.88. The van der Waals surface area contributed by atoms with Crippen molar-refractivity contribution in [2.75, 3.05) is 13.4 Å². The minimum absolute atomic E-state index is 0.0697. The van der Waals surface area contributed by atoms with Gasteiger partial charge in [-0.1, -0.05) is 24.3 Å². The van der Waals surface area contributed by atoms with Crippen molar-refractivity contribution in [1.29, 1.82) is 0 Å². The Morgan fingerprint density at radius 3 is 2.65 bits per heavy atom. The predicted octanol–water partition coefficient (Wildman–Crippen LogP) is 1.38. The first kappa shape index (κ1) is 21.0. The molecule has 9 nitrogen and oxygen atoms in total. The molecule has 2 aromatic carbocycles. The number of fused-ring (bicyclic) bond motifs is 1. The van der Waals surface area contributed by atoms with Crippen LogP contribution < -0.4 is 15.0 Å². The summed E-state index contributed by atoms with van der Waals surface area (Å²) < 4.78 is 42.4. The molecule has 0 aliphatic carbocycles. The van der Waals surface area contributed by atoms with Crippen molar-refractivity contribution in [2.45, 2.75) is 29.2 Å². The van der Waals surface area contributed by atoms with Crippen molar-refractivity contribution in [2.24, 2.45) is 0 Å². The van der Waals surface area contributed by atoms with E-state index in [1.165, 1.54) is 12.1 Å². The average molecular weight is 444 g/mol. The molecule has 1 aliphatic rings. The molecule has 1 aliphatic heterocycles. The lowest BCUT2D eigenvalue weighted by molar-refractivity contribution is 0.0177. The molecule has 31 heavy (non-hydrogen) atoms. The topological polar surface area (TPSA) is 117 Å². The second-order valence-corrected chi connectivity index (χ2v) is 8.76. The first-order valence-corrected chi connectivity index (χ1v) is 10.9. The quantitative estimate of drug-likeness (QED) is 0.554. The predicted molar refractivity (Wildman–Crippen MR) is 109 cm³/mol. The summed E-state index contributed by atoms with van der Waals surface area (Å²) in [5.74, 6) is 1.30. The van der Waals surface area contributed by atoms with Gasteiger partial charge < -0.3 is 19.3 Å². The fraction of sp³-hybridized carbons (Fsp3) is 0.238. The third kappa shape index (κ3) is 4.76. The van der Waals surface area contributed by atoms with Gasteiger partial charge in [0.2, 0.25) is 16.6 Å². The maximum atomic E-state index is 12.7. The van der Waals surface area contributed by atoms with E-state index in [2.05, 4.69) is 5.10 Å². The number of ether oxygens (including phenoxy) is 3. The van der Waals surface area contributed by atoms with Crippen LogP contribution in [0.25, 0.3) is 0 Å². The van der Waals surface area contributed by atoms with E-state index >= 15 is 0 Å². The third-order valence-electron chi connectivity index (χ3n) is 4.57.